The Labute approximate surface area is 125 Å². The van der Waals surface area contributed by atoms with E-state index in [9.17, 15) is 4.79 Å². The number of thioether (sulfide) groups is 1. The Morgan fingerprint density at radius 2 is 2.15 bits per heavy atom. The fraction of sp³-hybridized carbons (Fsp3) is 0.533. The van der Waals surface area contributed by atoms with E-state index in [1.807, 2.05) is 6.92 Å². The number of carbonyl (C=O) groups is 1. The Morgan fingerprint density at radius 3 is 2.75 bits per heavy atom. The molecular formula is C15H24N2O2S. The number of hydrogen-bond acceptors (Lipinski definition) is 4. The van der Waals surface area contributed by atoms with E-state index in [4.69, 9.17) is 10.5 Å². The Morgan fingerprint density at radius 1 is 1.45 bits per heavy atom. The third-order valence-corrected chi connectivity index (χ3v) is 4.66. The molecule has 0 saturated heterocycles. The lowest BCUT2D eigenvalue weighted by Gasteiger charge is -2.16. The highest BCUT2D eigenvalue weighted by atomic mass is 32.2. The van der Waals surface area contributed by atoms with Crippen LogP contribution in [0.2, 0.25) is 0 Å². The molecule has 4 nitrogen and oxygen atoms in total. The number of nitrogens with one attached hydrogen (secondary N) is 1. The molecule has 0 aliphatic rings. The van der Waals surface area contributed by atoms with Gasteiger partial charge in [0.2, 0.25) is 5.91 Å². The van der Waals surface area contributed by atoms with Crippen LogP contribution in [0.5, 0.6) is 5.75 Å². The fourth-order valence-corrected chi connectivity index (χ4v) is 2.61. The van der Waals surface area contributed by atoms with Crippen molar-refractivity contribution in [3.63, 3.8) is 0 Å². The van der Waals surface area contributed by atoms with Crippen LogP contribution in [0.25, 0.3) is 0 Å². The summed E-state index contributed by atoms with van der Waals surface area (Å²) in [6.07, 6.45) is 1.13. The van der Waals surface area contributed by atoms with Crippen LogP contribution >= 0.6 is 11.8 Å². The van der Waals surface area contributed by atoms with Crippen molar-refractivity contribution in [2.75, 3.05) is 23.9 Å². The third kappa shape index (κ3) is 4.96. The van der Waals surface area contributed by atoms with Crippen LogP contribution < -0.4 is 15.8 Å². The van der Waals surface area contributed by atoms with Gasteiger partial charge in [-0.3, -0.25) is 4.79 Å². The van der Waals surface area contributed by atoms with Gasteiger partial charge < -0.3 is 15.8 Å². The first-order valence-electron chi connectivity index (χ1n) is 6.83. The second kappa shape index (κ2) is 8.04. The summed E-state index contributed by atoms with van der Waals surface area (Å²) < 4.78 is 5.22. The van der Waals surface area contributed by atoms with Gasteiger partial charge in [0.1, 0.15) is 5.75 Å². The van der Waals surface area contributed by atoms with Gasteiger partial charge in [-0.2, -0.15) is 0 Å². The minimum absolute atomic E-state index is 0.0126. The van der Waals surface area contributed by atoms with Crippen LogP contribution in [0, 0.1) is 5.92 Å². The average molecular weight is 296 g/mol. The number of nitrogen functional groups attached to an aromatic ring is 1. The molecule has 0 bridgehead atoms. The van der Waals surface area contributed by atoms with Gasteiger partial charge in [-0.05, 0) is 30.7 Å². The summed E-state index contributed by atoms with van der Waals surface area (Å²) in [5.74, 6) is 2.18. The van der Waals surface area contributed by atoms with Crippen LogP contribution in [0.15, 0.2) is 18.2 Å². The molecule has 112 valence electrons. The summed E-state index contributed by atoms with van der Waals surface area (Å²) in [7, 11) is 1.56. The average Bonchev–Trinajstić information content (AvgIpc) is 2.45. The molecule has 1 amide bonds. The molecule has 2 unspecified atom stereocenters. The second-order valence-corrected chi connectivity index (χ2v) is 6.31. The van der Waals surface area contributed by atoms with E-state index in [0.717, 1.165) is 12.2 Å². The highest BCUT2D eigenvalue weighted by Crippen LogP contribution is 2.27. The summed E-state index contributed by atoms with van der Waals surface area (Å²) in [6, 6.07) is 5.21. The molecule has 0 radical (unpaired) electrons. The number of carbonyl (C=O) groups excluding carboxylic acids is 1. The Kier molecular flexibility index (Phi) is 6.71. The van der Waals surface area contributed by atoms with Gasteiger partial charge in [0.15, 0.2) is 0 Å². The van der Waals surface area contributed by atoms with Crippen LogP contribution in [-0.4, -0.2) is 24.0 Å². The molecule has 1 rings (SSSR count). The molecule has 20 heavy (non-hydrogen) atoms. The normalized spacial score (nSPS) is 13.6. The minimum Gasteiger partial charge on any atom is -0.494 e. The zero-order valence-electron chi connectivity index (χ0n) is 12.6. The van der Waals surface area contributed by atoms with E-state index in [2.05, 4.69) is 19.2 Å². The predicted octanol–water partition coefficient (Wildman–Crippen LogP) is 3.38. The standard InChI is InChI=1S/C15H24N2O2S/c1-5-10(2)9-20-11(3)15(18)17-13-7-6-12(16)8-14(13)19-4/h6-8,10-11H,5,9,16H2,1-4H3,(H,17,18). The van der Waals surface area contributed by atoms with Gasteiger partial charge in [-0.25, -0.2) is 0 Å². The van der Waals surface area contributed by atoms with E-state index in [0.29, 0.717) is 23.0 Å². The first kappa shape index (κ1) is 16.7. The molecule has 0 spiro atoms. The van der Waals surface area contributed by atoms with Crippen LogP contribution in [0.4, 0.5) is 11.4 Å². The topological polar surface area (TPSA) is 64.4 Å². The molecule has 1 aromatic rings. The number of ether oxygens (including phenoxy) is 1. The van der Waals surface area contributed by atoms with Crippen molar-refractivity contribution in [1.82, 2.24) is 0 Å². The lowest BCUT2D eigenvalue weighted by molar-refractivity contribution is -0.115. The molecular weight excluding hydrogens is 272 g/mol. The van der Waals surface area contributed by atoms with Crippen LogP contribution in [-0.2, 0) is 4.79 Å². The number of rotatable bonds is 7. The molecule has 0 aromatic heterocycles. The zero-order valence-corrected chi connectivity index (χ0v) is 13.4. The quantitative estimate of drug-likeness (QED) is 0.757. The van der Waals surface area contributed by atoms with Crippen LogP contribution in [0.3, 0.4) is 0 Å². The lowest BCUT2D eigenvalue weighted by atomic mass is 10.2. The number of methoxy groups -OCH3 is 1. The second-order valence-electron chi connectivity index (χ2n) is 4.94. The molecule has 0 fully saturated rings. The number of benzene rings is 1. The number of anilines is 2. The molecule has 0 heterocycles. The summed E-state index contributed by atoms with van der Waals surface area (Å²) in [6.45, 7) is 6.28. The molecule has 0 saturated carbocycles. The first-order valence-corrected chi connectivity index (χ1v) is 7.88. The maximum Gasteiger partial charge on any atom is 0.237 e. The molecule has 2 atom stereocenters. The monoisotopic (exact) mass is 296 g/mol. The molecule has 0 aliphatic heterocycles. The van der Waals surface area contributed by atoms with E-state index >= 15 is 0 Å². The van der Waals surface area contributed by atoms with Gasteiger partial charge in [-0.15, -0.1) is 11.8 Å². The van der Waals surface area contributed by atoms with Gasteiger partial charge in [0.05, 0.1) is 18.0 Å². The number of nitrogens with two attached hydrogens (primary N) is 1. The molecule has 5 heteroatoms. The van der Waals surface area contributed by atoms with Crippen molar-refractivity contribution in [3.05, 3.63) is 18.2 Å². The molecule has 1 aromatic carbocycles. The number of hydrogen-bond donors (Lipinski definition) is 2. The summed E-state index contributed by atoms with van der Waals surface area (Å²) >= 11 is 1.68. The number of amides is 1. The highest BCUT2D eigenvalue weighted by Gasteiger charge is 2.16. The largest absolute Gasteiger partial charge is 0.494 e. The van der Waals surface area contributed by atoms with Gasteiger partial charge >= 0.3 is 0 Å². The Hall–Kier alpha value is -1.36. The fourth-order valence-electron chi connectivity index (χ4n) is 1.55. The van der Waals surface area contributed by atoms with E-state index in [1.165, 1.54) is 0 Å². The summed E-state index contributed by atoms with van der Waals surface area (Å²) in [4.78, 5) is 12.1. The van der Waals surface area contributed by atoms with E-state index in [-0.39, 0.29) is 11.2 Å². The maximum absolute atomic E-state index is 12.1. The van der Waals surface area contributed by atoms with E-state index in [1.54, 1.807) is 37.1 Å². The van der Waals surface area contributed by atoms with Crippen molar-refractivity contribution in [3.8, 4) is 5.75 Å². The smallest absolute Gasteiger partial charge is 0.237 e. The third-order valence-electron chi connectivity index (χ3n) is 3.18. The van der Waals surface area contributed by atoms with Crippen molar-refractivity contribution < 1.29 is 9.53 Å². The summed E-state index contributed by atoms with van der Waals surface area (Å²) in [5.41, 5.74) is 6.96. The van der Waals surface area contributed by atoms with Crippen LogP contribution in [0.1, 0.15) is 27.2 Å². The van der Waals surface area contributed by atoms with E-state index < -0.39 is 0 Å². The Balaban J connectivity index is 2.61. The molecule has 0 aliphatic carbocycles. The minimum atomic E-state index is -0.0914. The molecule has 3 N–H and O–H groups in total. The van der Waals surface area contributed by atoms with Gasteiger partial charge in [-0.1, -0.05) is 20.3 Å². The van der Waals surface area contributed by atoms with Gasteiger partial charge in [0.25, 0.3) is 0 Å². The predicted molar refractivity (Wildman–Crippen MR) is 87.4 cm³/mol. The highest BCUT2D eigenvalue weighted by molar-refractivity contribution is 8.00. The van der Waals surface area contributed by atoms with Gasteiger partial charge in [0, 0.05) is 11.8 Å². The maximum atomic E-state index is 12.1. The lowest BCUT2D eigenvalue weighted by Crippen LogP contribution is -2.23. The van der Waals surface area contributed by atoms with Crippen molar-refractivity contribution >= 4 is 29.0 Å². The first-order chi connectivity index (χ1) is 9.47. The zero-order chi connectivity index (χ0) is 15.1. The van der Waals surface area contributed by atoms with Crippen molar-refractivity contribution in [2.45, 2.75) is 32.4 Å². The van der Waals surface area contributed by atoms with Crippen molar-refractivity contribution in [2.24, 2.45) is 5.92 Å². The van der Waals surface area contributed by atoms with Crippen molar-refractivity contribution in [1.29, 1.82) is 0 Å². The Bertz CT molecular complexity index is 451. The summed E-state index contributed by atoms with van der Waals surface area (Å²) in [5, 5.41) is 2.80. The SMILES string of the molecule is CCC(C)CSC(C)C(=O)Nc1ccc(N)cc1OC.